The molecule has 1 aromatic carbocycles. The molecule has 10 nitrogen and oxygen atoms in total. The van der Waals surface area contributed by atoms with E-state index in [4.69, 9.17) is 5.53 Å². The Balaban J connectivity index is 2.48. The van der Waals surface area contributed by atoms with Gasteiger partial charge in [0.15, 0.2) is 0 Å². The van der Waals surface area contributed by atoms with E-state index in [9.17, 15) is 19.2 Å². The van der Waals surface area contributed by atoms with Crippen LogP contribution >= 0.6 is 0 Å². The molecule has 0 aliphatic heterocycles. The fraction of sp³-hybridized carbons (Fsp3) is 0.444. The van der Waals surface area contributed by atoms with Crippen molar-refractivity contribution in [2.75, 3.05) is 19.5 Å². The largest absolute Gasteiger partial charge is 0.469 e. The monoisotopic (exact) mass is 392 g/mol. The summed E-state index contributed by atoms with van der Waals surface area (Å²) in [6.45, 7) is 0.271. The van der Waals surface area contributed by atoms with Crippen LogP contribution in [0.5, 0.6) is 0 Å². The molecule has 0 radical (unpaired) electrons. The van der Waals surface area contributed by atoms with Crippen molar-refractivity contribution < 1.29 is 28.7 Å². The van der Waals surface area contributed by atoms with Gasteiger partial charge in [-0.2, -0.15) is 5.11 Å². The normalized spacial score (nSPS) is 10.1. The lowest BCUT2D eigenvalue weighted by atomic mass is 10.1. The Morgan fingerprint density at radius 2 is 1.50 bits per heavy atom. The van der Waals surface area contributed by atoms with Crippen LogP contribution < -0.4 is 10.6 Å². The van der Waals surface area contributed by atoms with Gasteiger partial charge < -0.3 is 20.1 Å². The summed E-state index contributed by atoms with van der Waals surface area (Å²) in [7, 11) is 2.41. The quantitative estimate of drug-likeness (QED) is 0.384. The van der Waals surface area contributed by atoms with Gasteiger partial charge in [0.1, 0.15) is 0 Å². The van der Waals surface area contributed by atoms with Gasteiger partial charge in [-0.05, 0) is 17.7 Å². The summed E-state index contributed by atoms with van der Waals surface area (Å²) in [5.41, 5.74) is 8.22. The number of hydrogen-bond acceptors (Lipinski definition) is 8. The van der Waals surface area contributed by atoms with E-state index >= 15 is 0 Å². The van der Waals surface area contributed by atoms with E-state index in [1.165, 1.54) is 14.2 Å². The Labute approximate surface area is 162 Å². The Kier molecular flexibility index (Phi) is 9.87. The highest BCUT2D eigenvalue weighted by atomic mass is 16.5. The van der Waals surface area contributed by atoms with Crippen molar-refractivity contribution in [1.82, 2.24) is 5.32 Å². The molecule has 1 aromatic rings. The number of hydrogen-bond donors (Lipinski definition) is 3. The maximum Gasteiger partial charge on any atom is 0.307 e. The summed E-state index contributed by atoms with van der Waals surface area (Å²) in [5.74, 6) is -1.98. The van der Waals surface area contributed by atoms with Gasteiger partial charge in [0.2, 0.25) is 11.8 Å². The zero-order valence-electron chi connectivity index (χ0n) is 15.8. The molecule has 2 amide bonds. The van der Waals surface area contributed by atoms with E-state index in [1.807, 2.05) is 0 Å². The number of esters is 2. The number of ether oxygens (including phenoxy) is 2. The fourth-order valence-electron chi connectivity index (χ4n) is 2.28. The van der Waals surface area contributed by atoms with Crippen molar-refractivity contribution in [1.29, 1.82) is 5.53 Å². The number of amides is 2. The third-order valence-corrected chi connectivity index (χ3v) is 3.73. The molecule has 0 aliphatic rings. The smallest absolute Gasteiger partial charge is 0.307 e. The highest BCUT2D eigenvalue weighted by Gasteiger charge is 2.21. The first-order valence-electron chi connectivity index (χ1n) is 8.53. The predicted molar refractivity (Wildman–Crippen MR) is 98.4 cm³/mol. The summed E-state index contributed by atoms with van der Waals surface area (Å²) >= 11 is 0. The van der Waals surface area contributed by atoms with Crippen LogP contribution in [0.2, 0.25) is 0 Å². The first kappa shape index (κ1) is 22.7. The molecular formula is C18H24N4O6. The SMILES string of the molecule is COC(=O)CC(CC(=O)OC)NC(=O)CCC(=O)Nc1ccc(CN=N)cc1. The van der Waals surface area contributed by atoms with E-state index in [0.717, 1.165) is 5.56 Å². The van der Waals surface area contributed by atoms with Gasteiger partial charge in [0, 0.05) is 24.6 Å². The maximum absolute atomic E-state index is 12.0. The highest BCUT2D eigenvalue weighted by molar-refractivity contribution is 5.93. The number of benzene rings is 1. The van der Waals surface area contributed by atoms with Crippen LogP contribution in [0.3, 0.4) is 0 Å². The van der Waals surface area contributed by atoms with Crippen molar-refractivity contribution in [3.05, 3.63) is 29.8 Å². The highest BCUT2D eigenvalue weighted by Crippen LogP contribution is 2.11. The lowest BCUT2D eigenvalue weighted by Gasteiger charge is -2.16. The van der Waals surface area contributed by atoms with Gasteiger partial charge in [-0.1, -0.05) is 12.1 Å². The summed E-state index contributed by atoms with van der Waals surface area (Å²) in [5, 5.41) is 8.47. The fourth-order valence-corrected chi connectivity index (χ4v) is 2.28. The van der Waals surface area contributed by atoms with E-state index < -0.39 is 23.9 Å². The number of carbonyl (C=O) groups excluding carboxylic acids is 4. The van der Waals surface area contributed by atoms with Gasteiger partial charge in [0.05, 0.1) is 33.6 Å². The second-order valence-corrected chi connectivity index (χ2v) is 5.89. The molecule has 3 N–H and O–H groups in total. The van der Waals surface area contributed by atoms with Crippen molar-refractivity contribution >= 4 is 29.4 Å². The van der Waals surface area contributed by atoms with Crippen molar-refractivity contribution in [3.8, 4) is 0 Å². The number of anilines is 1. The molecule has 0 saturated carbocycles. The minimum Gasteiger partial charge on any atom is -0.469 e. The maximum atomic E-state index is 12.0. The number of nitrogens with one attached hydrogen (secondary N) is 3. The third-order valence-electron chi connectivity index (χ3n) is 3.73. The first-order chi connectivity index (χ1) is 13.4. The van der Waals surface area contributed by atoms with Crippen LogP contribution in [-0.2, 0) is 35.2 Å². The predicted octanol–water partition coefficient (Wildman–Crippen LogP) is 1.55. The molecular weight excluding hydrogens is 368 g/mol. The molecule has 0 spiro atoms. The zero-order valence-corrected chi connectivity index (χ0v) is 15.8. The number of rotatable bonds is 11. The van der Waals surface area contributed by atoms with Gasteiger partial charge in [0.25, 0.3) is 0 Å². The molecule has 10 heteroatoms. The Morgan fingerprint density at radius 1 is 0.964 bits per heavy atom. The summed E-state index contributed by atoms with van der Waals surface area (Å²) in [4.78, 5) is 46.8. The molecule has 0 bridgehead atoms. The molecule has 152 valence electrons. The van der Waals surface area contributed by atoms with Gasteiger partial charge >= 0.3 is 11.9 Å². The molecule has 0 atom stereocenters. The average Bonchev–Trinajstić information content (AvgIpc) is 2.67. The summed E-state index contributed by atoms with van der Waals surface area (Å²) in [6.07, 6.45) is -0.541. The minimum absolute atomic E-state index is 0.0706. The Hall–Kier alpha value is -3.30. The van der Waals surface area contributed by atoms with Crippen molar-refractivity contribution in [2.24, 2.45) is 5.11 Å². The number of methoxy groups -OCH3 is 2. The second-order valence-electron chi connectivity index (χ2n) is 5.89. The molecule has 0 unspecified atom stereocenters. The van der Waals surface area contributed by atoms with Crippen molar-refractivity contribution in [2.45, 2.75) is 38.3 Å². The van der Waals surface area contributed by atoms with Crippen LogP contribution in [0, 0.1) is 5.53 Å². The summed E-state index contributed by atoms with van der Waals surface area (Å²) < 4.78 is 9.09. The first-order valence-corrected chi connectivity index (χ1v) is 8.53. The molecule has 0 aliphatic carbocycles. The molecule has 1 rings (SSSR count). The molecule has 0 saturated heterocycles. The topological polar surface area (TPSA) is 147 Å². The van der Waals surface area contributed by atoms with Crippen LogP contribution in [0.15, 0.2) is 29.4 Å². The minimum atomic E-state index is -0.773. The van der Waals surface area contributed by atoms with E-state index in [0.29, 0.717) is 5.69 Å². The van der Waals surface area contributed by atoms with E-state index in [-0.39, 0.29) is 38.1 Å². The Bertz CT molecular complexity index is 687. The average molecular weight is 392 g/mol. The molecule has 0 fully saturated rings. The number of nitrogens with zero attached hydrogens (tertiary/aromatic N) is 1. The van der Waals surface area contributed by atoms with Crippen LogP contribution in [-0.4, -0.2) is 44.0 Å². The standard InChI is InChI=1S/C18H24N4O6/c1-27-17(25)9-14(10-18(26)28-2)22-16(24)8-7-15(23)21-13-5-3-12(4-6-13)11-20-19/h3-6,14,19H,7-11H2,1-2H3,(H,21,23)(H,22,24). The zero-order chi connectivity index (χ0) is 20.9. The van der Waals surface area contributed by atoms with Gasteiger partial charge in [-0.15, -0.1) is 0 Å². The number of carbonyl (C=O) groups is 4. The van der Waals surface area contributed by atoms with Gasteiger partial charge in [-0.25, -0.2) is 5.53 Å². The summed E-state index contributed by atoms with van der Waals surface area (Å²) in [6, 6.07) is 6.07. The van der Waals surface area contributed by atoms with Crippen molar-refractivity contribution in [3.63, 3.8) is 0 Å². The Morgan fingerprint density at radius 3 is 2.00 bits per heavy atom. The van der Waals surface area contributed by atoms with Crippen LogP contribution in [0.25, 0.3) is 0 Å². The van der Waals surface area contributed by atoms with E-state index in [2.05, 4.69) is 25.2 Å². The van der Waals surface area contributed by atoms with Crippen LogP contribution in [0.4, 0.5) is 5.69 Å². The van der Waals surface area contributed by atoms with E-state index in [1.54, 1.807) is 24.3 Å². The lowest BCUT2D eigenvalue weighted by molar-refractivity contribution is -0.143. The molecule has 0 heterocycles. The van der Waals surface area contributed by atoms with Gasteiger partial charge in [-0.3, -0.25) is 19.2 Å². The van der Waals surface area contributed by atoms with Crippen LogP contribution in [0.1, 0.15) is 31.2 Å². The second kappa shape index (κ2) is 12.2. The molecule has 0 aromatic heterocycles. The molecule has 28 heavy (non-hydrogen) atoms. The third kappa shape index (κ3) is 8.88. The lowest BCUT2D eigenvalue weighted by Crippen LogP contribution is -2.38.